The molecule has 1 aliphatic rings. The van der Waals surface area contributed by atoms with Crippen LogP contribution in [0.1, 0.15) is 43.7 Å². The average molecular weight is 461 g/mol. The van der Waals surface area contributed by atoms with Crippen molar-refractivity contribution in [3.8, 4) is 0 Å². The molecule has 0 aliphatic carbocycles. The third-order valence-corrected chi connectivity index (χ3v) is 6.09. The molecule has 1 N–H and O–H groups in total. The zero-order valence-corrected chi connectivity index (χ0v) is 21.4. The van der Waals surface area contributed by atoms with Gasteiger partial charge in [-0.05, 0) is 24.8 Å². The smallest absolute Gasteiger partial charge is 1.00 e. The standard InChI is InChI=1S/C23H28N6O3.Na.H/c1-3-21(30)29(15-19-18-6-4-5-7-20(18)27(2)26-19)14-16-8-10-28(11-9-16)23-24-12-17(13-25-23)22(31)32;;/h4-7,12-13,16H,3,8-11,14-15H2,1-2H3,(H,31,32);;/q;+1;-1. The summed E-state index contributed by atoms with van der Waals surface area (Å²) in [5.41, 5.74) is 2.07. The summed E-state index contributed by atoms with van der Waals surface area (Å²) in [6, 6.07) is 8.09. The molecule has 4 rings (SSSR count). The first-order valence-corrected chi connectivity index (χ1v) is 10.9. The molecule has 10 heteroatoms. The number of hydrogen-bond donors (Lipinski definition) is 1. The molecule has 0 bridgehead atoms. The van der Waals surface area contributed by atoms with E-state index in [0.717, 1.165) is 42.5 Å². The number of benzene rings is 1. The Labute approximate surface area is 216 Å². The van der Waals surface area contributed by atoms with Gasteiger partial charge in [0.1, 0.15) is 0 Å². The van der Waals surface area contributed by atoms with Gasteiger partial charge in [0.05, 0.1) is 23.3 Å². The number of aromatic nitrogens is 4. The minimum atomic E-state index is -1.03. The monoisotopic (exact) mass is 460 g/mol. The molecular weight excluding hydrogens is 431 g/mol. The number of carbonyl (C=O) groups excluding carboxylic acids is 1. The average Bonchev–Trinajstić information content (AvgIpc) is 3.14. The van der Waals surface area contributed by atoms with Gasteiger partial charge in [0, 0.05) is 50.9 Å². The van der Waals surface area contributed by atoms with E-state index in [1.165, 1.54) is 12.4 Å². The maximum absolute atomic E-state index is 12.7. The van der Waals surface area contributed by atoms with E-state index in [2.05, 4.69) is 26.0 Å². The summed E-state index contributed by atoms with van der Waals surface area (Å²) in [7, 11) is 1.93. The Bertz CT molecular complexity index is 1120. The molecule has 170 valence electrons. The summed E-state index contributed by atoms with van der Waals surface area (Å²) in [5.74, 6) is 0.0382. The number of amides is 1. The number of carboxylic acid groups (broad SMARTS) is 1. The van der Waals surface area contributed by atoms with Crippen LogP contribution in [-0.2, 0) is 18.4 Å². The van der Waals surface area contributed by atoms with Crippen LogP contribution in [0, 0.1) is 5.92 Å². The van der Waals surface area contributed by atoms with Crippen molar-refractivity contribution in [2.75, 3.05) is 24.5 Å². The largest absolute Gasteiger partial charge is 1.00 e. The molecule has 3 aromatic rings. The summed E-state index contributed by atoms with van der Waals surface area (Å²) in [4.78, 5) is 36.1. The maximum Gasteiger partial charge on any atom is 1.00 e. The number of hydrogen-bond acceptors (Lipinski definition) is 6. The molecule has 3 heterocycles. The van der Waals surface area contributed by atoms with Crippen molar-refractivity contribution in [2.24, 2.45) is 13.0 Å². The van der Waals surface area contributed by atoms with Crippen molar-refractivity contribution in [3.05, 3.63) is 47.9 Å². The minimum Gasteiger partial charge on any atom is -1.00 e. The summed E-state index contributed by atoms with van der Waals surface area (Å²) in [6.45, 7) is 4.65. The Morgan fingerprint density at radius 3 is 2.48 bits per heavy atom. The van der Waals surface area contributed by atoms with Gasteiger partial charge in [-0.2, -0.15) is 5.10 Å². The molecular formula is C23H29N6NaO3. The third kappa shape index (κ3) is 5.72. The van der Waals surface area contributed by atoms with Crippen LogP contribution >= 0.6 is 0 Å². The van der Waals surface area contributed by atoms with Crippen molar-refractivity contribution in [2.45, 2.75) is 32.7 Å². The van der Waals surface area contributed by atoms with Crippen molar-refractivity contribution < 1.29 is 45.7 Å². The van der Waals surface area contributed by atoms with Gasteiger partial charge < -0.3 is 16.3 Å². The van der Waals surface area contributed by atoms with Crippen LogP contribution in [0.2, 0.25) is 0 Å². The molecule has 1 saturated heterocycles. The fourth-order valence-corrected chi connectivity index (χ4v) is 4.29. The van der Waals surface area contributed by atoms with E-state index in [4.69, 9.17) is 5.11 Å². The molecule has 1 aromatic carbocycles. The van der Waals surface area contributed by atoms with Crippen LogP contribution < -0.4 is 34.5 Å². The fourth-order valence-electron chi connectivity index (χ4n) is 4.29. The first-order chi connectivity index (χ1) is 15.5. The van der Waals surface area contributed by atoms with E-state index < -0.39 is 5.97 Å². The fraction of sp³-hybridized carbons (Fsp3) is 0.435. The molecule has 0 radical (unpaired) electrons. The number of carbonyl (C=O) groups is 2. The first kappa shape index (κ1) is 25.1. The Morgan fingerprint density at radius 1 is 1.18 bits per heavy atom. The summed E-state index contributed by atoms with van der Waals surface area (Å²) >= 11 is 0. The second-order valence-electron chi connectivity index (χ2n) is 8.22. The van der Waals surface area contributed by atoms with Crippen molar-refractivity contribution in [3.63, 3.8) is 0 Å². The van der Waals surface area contributed by atoms with Crippen molar-refractivity contribution in [1.29, 1.82) is 0 Å². The summed E-state index contributed by atoms with van der Waals surface area (Å²) in [6.07, 6.45) is 4.99. The normalized spacial score (nSPS) is 14.2. The number of aryl methyl sites for hydroxylation is 1. The second-order valence-corrected chi connectivity index (χ2v) is 8.22. The van der Waals surface area contributed by atoms with Crippen LogP contribution in [0.5, 0.6) is 0 Å². The topological polar surface area (TPSA) is 104 Å². The molecule has 0 saturated carbocycles. The number of piperidine rings is 1. The van der Waals surface area contributed by atoms with E-state index in [1.54, 1.807) is 0 Å². The van der Waals surface area contributed by atoms with Gasteiger partial charge >= 0.3 is 35.5 Å². The SMILES string of the molecule is CCC(=O)N(Cc1nn(C)c2ccccc12)CC1CCN(c2ncc(C(=O)O)cn2)CC1.[H-].[Na+]. The minimum absolute atomic E-state index is 0. The molecule has 1 fully saturated rings. The number of fused-ring (bicyclic) bond motifs is 1. The zero-order valence-electron chi connectivity index (χ0n) is 20.4. The molecule has 0 atom stereocenters. The molecule has 1 aliphatic heterocycles. The van der Waals surface area contributed by atoms with Crippen LogP contribution in [0.25, 0.3) is 10.9 Å². The second kappa shape index (κ2) is 11.1. The summed E-state index contributed by atoms with van der Waals surface area (Å²) in [5, 5.41) is 14.8. The predicted molar refractivity (Wildman–Crippen MR) is 121 cm³/mol. The van der Waals surface area contributed by atoms with Gasteiger partial charge in [-0.3, -0.25) is 9.48 Å². The Kier molecular flexibility index (Phi) is 8.45. The zero-order chi connectivity index (χ0) is 22.7. The number of carboxylic acids is 1. The molecule has 33 heavy (non-hydrogen) atoms. The van der Waals surface area contributed by atoms with Crippen LogP contribution in [0.4, 0.5) is 5.95 Å². The van der Waals surface area contributed by atoms with Gasteiger partial charge in [0.15, 0.2) is 0 Å². The Hall–Kier alpha value is -2.49. The Balaban J connectivity index is 0.00000204. The first-order valence-electron chi connectivity index (χ1n) is 10.9. The number of para-hydroxylation sites is 1. The molecule has 1 amide bonds. The van der Waals surface area contributed by atoms with Crippen molar-refractivity contribution >= 4 is 28.7 Å². The number of anilines is 1. The summed E-state index contributed by atoms with van der Waals surface area (Å²) < 4.78 is 1.87. The molecule has 9 nitrogen and oxygen atoms in total. The van der Waals surface area contributed by atoms with Crippen LogP contribution in [0.15, 0.2) is 36.7 Å². The van der Waals surface area contributed by atoms with E-state index in [-0.39, 0.29) is 42.5 Å². The maximum atomic E-state index is 12.7. The number of aromatic carboxylic acids is 1. The molecule has 0 spiro atoms. The van der Waals surface area contributed by atoms with Gasteiger partial charge in [-0.15, -0.1) is 0 Å². The van der Waals surface area contributed by atoms with E-state index >= 15 is 0 Å². The molecule has 2 aromatic heterocycles. The van der Waals surface area contributed by atoms with Gasteiger partial charge in [-0.1, -0.05) is 25.1 Å². The predicted octanol–water partition coefficient (Wildman–Crippen LogP) is -0.167. The number of rotatable bonds is 7. The van der Waals surface area contributed by atoms with Crippen molar-refractivity contribution in [1.82, 2.24) is 24.6 Å². The van der Waals surface area contributed by atoms with Gasteiger partial charge in [0.2, 0.25) is 11.9 Å². The van der Waals surface area contributed by atoms with Gasteiger partial charge in [0.25, 0.3) is 0 Å². The third-order valence-electron chi connectivity index (χ3n) is 6.09. The van der Waals surface area contributed by atoms with Crippen LogP contribution in [-0.4, -0.2) is 61.3 Å². The number of nitrogens with zero attached hydrogens (tertiary/aromatic N) is 6. The Morgan fingerprint density at radius 2 is 1.85 bits per heavy atom. The van der Waals surface area contributed by atoms with E-state index in [1.807, 2.05) is 41.8 Å². The van der Waals surface area contributed by atoms with E-state index in [9.17, 15) is 9.59 Å². The quantitative estimate of drug-likeness (QED) is 0.489. The van der Waals surface area contributed by atoms with Gasteiger partial charge in [-0.25, -0.2) is 14.8 Å². The molecule has 0 unspecified atom stereocenters. The van der Waals surface area contributed by atoms with Crippen LogP contribution in [0.3, 0.4) is 0 Å². The van der Waals surface area contributed by atoms with E-state index in [0.29, 0.717) is 31.4 Å².